The van der Waals surface area contributed by atoms with Gasteiger partial charge in [-0.2, -0.15) is 0 Å². The van der Waals surface area contributed by atoms with Crippen molar-refractivity contribution in [3.05, 3.63) is 47.9 Å². The van der Waals surface area contributed by atoms with Crippen molar-refractivity contribution in [2.24, 2.45) is 4.99 Å². The summed E-state index contributed by atoms with van der Waals surface area (Å²) in [4.78, 5) is 4.24. The third-order valence-electron chi connectivity index (χ3n) is 4.52. The molecule has 0 unspecified atom stereocenters. The van der Waals surface area contributed by atoms with Crippen molar-refractivity contribution in [1.82, 2.24) is 10.6 Å². The summed E-state index contributed by atoms with van der Waals surface area (Å²) in [6.45, 7) is 1.23. The maximum atomic E-state index is 6.16. The van der Waals surface area contributed by atoms with Crippen molar-refractivity contribution in [3.63, 3.8) is 0 Å². The number of aliphatic imine (C=N–C) groups is 1. The molecule has 3 rings (SSSR count). The summed E-state index contributed by atoms with van der Waals surface area (Å²) in [5.41, 5.74) is 1.11. The van der Waals surface area contributed by atoms with Crippen LogP contribution in [0.1, 0.15) is 37.0 Å². The summed E-state index contributed by atoms with van der Waals surface area (Å²) >= 11 is 0. The maximum Gasteiger partial charge on any atom is 0.191 e. The van der Waals surface area contributed by atoms with Crippen LogP contribution in [0.25, 0.3) is 0 Å². The molecule has 140 valence electrons. The van der Waals surface area contributed by atoms with E-state index in [1.54, 1.807) is 20.4 Å². The lowest BCUT2D eigenvalue weighted by atomic mass is 10.2. The number of methoxy groups -OCH3 is 1. The van der Waals surface area contributed by atoms with Gasteiger partial charge >= 0.3 is 0 Å². The average molecular weight is 357 g/mol. The monoisotopic (exact) mass is 357 g/mol. The molecule has 0 amide bonds. The van der Waals surface area contributed by atoms with Crippen molar-refractivity contribution >= 4 is 5.96 Å². The molecule has 1 aromatic carbocycles. The van der Waals surface area contributed by atoms with Gasteiger partial charge in [0.2, 0.25) is 0 Å². The summed E-state index contributed by atoms with van der Waals surface area (Å²) < 4.78 is 16.9. The van der Waals surface area contributed by atoms with Crippen molar-refractivity contribution < 1.29 is 13.9 Å². The van der Waals surface area contributed by atoms with Gasteiger partial charge in [-0.1, -0.05) is 6.07 Å². The molecule has 2 N–H and O–H groups in total. The molecule has 0 saturated heterocycles. The lowest BCUT2D eigenvalue weighted by Crippen LogP contribution is -2.36. The van der Waals surface area contributed by atoms with Crippen LogP contribution in [0.15, 0.2) is 46.0 Å². The van der Waals surface area contributed by atoms with Crippen LogP contribution < -0.4 is 20.1 Å². The number of guanidine groups is 1. The van der Waals surface area contributed by atoms with E-state index in [0.717, 1.165) is 41.6 Å². The van der Waals surface area contributed by atoms with Crippen LogP contribution in [0.4, 0.5) is 0 Å². The predicted octanol–water partition coefficient (Wildman–Crippen LogP) is 3.47. The largest absolute Gasteiger partial charge is 0.493 e. The second kappa shape index (κ2) is 9.17. The number of hydrogen-bond donors (Lipinski definition) is 2. The lowest BCUT2D eigenvalue weighted by molar-refractivity contribution is 0.200. The van der Waals surface area contributed by atoms with E-state index in [9.17, 15) is 0 Å². The Morgan fingerprint density at radius 3 is 2.65 bits per heavy atom. The van der Waals surface area contributed by atoms with E-state index >= 15 is 0 Å². The Labute approximate surface area is 154 Å². The van der Waals surface area contributed by atoms with Crippen LogP contribution in [-0.4, -0.2) is 26.2 Å². The van der Waals surface area contributed by atoms with Gasteiger partial charge in [0.05, 0.1) is 26.0 Å². The molecule has 0 radical (unpaired) electrons. The SMILES string of the molecule is CN=C(NCc1ccc(OC)c(OC2CCCC2)c1)NCc1ccco1. The van der Waals surface area contributed by atoms with Gasteiger partial charge in [0.15, 0.2) is 17.5 Å². The molecule has 0 spiro atoms. The summed E-state index contributed by atoms with van der Waals surface area (Å²) in [6.07, 6.45) is 6.69. The molecule has 1 aromatic heterocycles. The smallest absolute Gasteiger partial charge is 0.191 e. The zero-order valence-corrected chi connectivity index (χ0v) is 15.5. The number of nitrogens with one attached hydrogen (secondary N) is 2. The molecular formula is C20H27N3O3. The first-order chi connectivity index (χ1) is 12.8. The van der Waals surface area contributed by atoms with E-state index in [1.807, 2.05) is 30.3 Å². The van der Waals surface area contributed by atoms with Crippen LogP contribution in [0.3, 0.4) is 0 Å². The first kappa shape index (κ1) is 18.2. The Bertz CT molecular complexity index is 707. The van der Waals surface area contributed by atoms with E-state index in [2.05, 4.69) is 15.6 Å². The summed E-state index contributed by atoms with van der Waals surface area (Å²) in [5, 5.41) is 6.53. The summed E-state index contributed by atoms with van der Waals surface area (Å²) in [6, 6.07) is 9.84. The third kappa shape index (κ3) is 4.94. The number of ether oxygens (including phenoxy) is 2. The Balaban J connectivity index is 1.57. The molecule has 6 heteroatoms. The van der Waals surface area contributed by atoms with Crippen molar-refractivity contribution in [3.8, 4) is 11.5 Å². The first-order valence-electron chi connectivity index (χ1n) is 9.09. The number of hydrogen-bond acceptors (Lipinski definition) is 4. The van der Waals surface area contributed by atoms with Gasteiger partial charge in [-0.3, -0.25) is 4.99 Å². The minimum Gasteiger partial charge on any atom is -0.493 e. The number of benzene rings is 1. The Morgan fingerprint density at radius 1 is 1.15 bits per heavy atom. The molecular weight excluding hydrogens is 330 g/mol. The van der Waals surface area contributed by atoms with Crippen molar-refractivity contribution in [2.45, 2.75) is 44.9 Å². The zero-order chi connectivity index (χ0) is 18.2. The fourth-order valence-electron chi connectivity index (χ4n) is 3.10. The fraction of sp³-hybridized carbons (Fsp3) is 0.450. The van der Waals surface area contributed by atoms with Gasteiger partial charge in [0, 0.05) is 13.6 Å². The second-order valence-corrected chi connectivity index (χ2v) is 6.37. The highest BCUT2D eigenvalue weighted by Gasteiger charge is 2.18. The Kier molecular flexibility index (Phi) is 6.41. The van der Waals surface area contributed by atoms with Crippen LogP contribution in [0.2, 0.25) is 0 Å². The van der Waals surface area contributed by atoms with Crippen LogP contribution in [-0.2, 0) is 13.1 Å². The third-order valence-corrected chi connectivity index (χ3v) is 4.52. The van der Waals surface area contributed by atoms with Crippen molar-refractivity contribution in [1.29, 1.82) is 0 Å². The predicted molar refractivity (Wildman–Crippen MR) is 102 cm³/mol. The number of nitrogens with zero attached hydrogens (tertiary/aromatic N) is 1. The van der Waals surface area contributed by atoms with Crippen molar-refractivity contribution in [2.75, 3.05) is 14.2 Å². The van der Waals surface area contributed by atoms with Crippen LogP contribution in [0.5, 0.6) is 11.5 Å². The molecule has 0 atom stereocenters. The molecule has 1 aliphatic rings. The maximum absolute atomic E-state index is 6.16. The van der Waals surface area contributed by atoms with Crippen LogP contribution in [0, 0.1) is 0 Å². The zero-order valence-electron chi connectivity index (χ0n) is 15.5. The van der Waals surface area contributed by atoms with E-state index < -0.39 is 0 Å². The van der Waals surface area contributed by atoms with Gasteiger partial charge in [0.1, 0.15) is 5.76 Å². The van der Waals surface area contributed by atoms with Gasteiger partial charge < -0.3 is 24.5 Å². The molecule has 2 aromatic rings. The Morgan fingerprint density at radius 2 is 1.96 bits per heavy atom. The van der Waals surface area contributed by atoms with Gasteiger partial charge in [-0.25, -0.2) is 0 Å². The van der Waals surface area contributed by atoms with Gasteiger partial charge in [0.25, 0.3) is 0 Å². The fourth-order valence-corrected chi connectivity index (χ4v) is 3.10. The first-order valence-corrected chi connectivity index (χ1v) is 9.09. The number of furan rings is 1. The molecule has 1 saturated carbocycles. The minimum absolute atomic E-state index is 0.301. The molecule has 6 nitrogen and oxygen atoms in total. The highest BCUT2D eigenvalue weighted by molar-refractivity contribution is 5.79. The van der Waals surface area contributed by atoms with Gasteiger partial charge in [-0.15, -0.1) is 0 Å². The molecule has 0 bridgehead atoms. The van der Waals surface area contributed by atoms with E-state index in [0.29, 0.717) is 19.2 Å². The topological polar surface area (TPSA) is 68.0 Å². The minimum atomic E-state index is 0.301. The number of rotatable bonds is 7. The molecule has 1 aliphatic carbocycles. The Hall–Kier alpha value is -2.63. The normalized spacial score (nSPS) is 15.1. The van der Waals surface area contributed by atoms with E-state index in [1.165, 1.54) is 12.8 Å². The quantitative estimate of drug-likeness (QED) is 0.587. The highest BCUT2D eigenvalue weighted by atomic mass is 16.5. The molecule has 26 heavy (non-hydrogen) atoms. The molecule has 0 aliphatic heterocycles. The van der Waals surface area contributed by atoms with Gasteiger partial charge in [-0.05, 0) is 55.5 Å². The molecule has 1 fully saturated rings. The average Bonchev–Trinajstić information content (AvgIpc) is 3.36. The van der Waals surface area contributed by atoms with E-state index in [-0.39, 0.29) is 0 Å². The standard InChI is InChI=1S/C20H27N3O3/c1-21-20(23-14-17-8-5-11-25-17)22-13-15-9-10-18(24-2)19(12-15)26-16-6-3-4-7-16/h5,8-12,16H,3-4,6-7,13-14H2,1-2H3,(H2,21,22,23). The highest BCUT2D eigenvalue weighted by Crippen LogP contribution is 2.32. The van der Waals surface area contributed by atoms with Crippen LogP contribution >= 0.6 is 0 Å². The lowest BCUT2D eigenvalue weighted by Gasteiger charge is -2.17. The molecule has 1 heterocycles. The van der Waals surface area contributed by atoms with E-state index in [4.69, 9.17) is 13.9 Å². The summed E-state index contributed by atoms with van der Waals surface area (Å²) in [7, 11) is 3.43. The summed E-state index contributed by atoms with van der Waals surface area (Å²) in [5.74, 6) is 3.18. The second-order valence-electron chi connectivity index (χ2n) is 6.37.